The van der Waals surface area contributed by atoms with Gasteiger partial charge in [-0.2, -0.15) is 8.42 Å². The summed E-state index contributed by atoms with van der Waals surface area (Å²) in [5.74, 6) is 0. The lowest BCUT2D eigenvalue weighted by molar-refractivity contribution is 0.483. The second kappa shape index (κ2) is 4.28. The number of halogens is 2. The summed E-state index contributed by atoms with van der Waals surface area (Å²) in [5.41, 5.74) is 0. The Labute approximate surface area is 96.2 Å². The van der Waals surface area contributed by atoms with E-state index in [2.05, 4.69) is 0 Å². The molecule has 0 atom stereocenters. The molecule has 1 rings (SSSR count). The van der Waals surface area contributed by atoms with Gasteiger partial charge in [-0.3, -0.25) is 4.55 Å². The van der Waals surface area contributed by atoms with E-state index in [0.29, 0.717) is 4.90 Å². The van der Waals surface area contributed by atoms with Gasteiger partial charge in [-0.15, -0.1) is 11.8 Å². The van der Waals surface area contributed by atoms with Gasteiger partial charge in [0.05, 0.1) is 5.02 Å². The average molecular weight is 273 g/mol. The Morgan fingerprint density at radius 1 is 1.36 bits per heavy atom. The highest BCUT2D eigenvalue weighted by Crippen LogP contribution is 2.34. The van der Waals surface area contributed by atoms with E-state index in [1.807, 2.05) is 0 Å². The lowest BCUT2D eigenvalue weighted by Crippen LogP contribution is -1.99. The summed E-state index contributed by atoms with van der Waals surface area (Å²) in [4.78, 5) is 0.141. The minimum atomic E-state index is -4.32. The zero-order valence-electron chi connectivity index (χ0n) is 6.99. The van der Waals surface area contributed by atoms with Crippen LogP contribution in [-0.4, -0.2) is 19.2 Å². The van der Waals surface area contributed by atoms with E-state index in [0.717, 1.165) is 6.07 Å². The van der Waals surface area contributed by atoms with Crippen LogP contribution in [0.25, 0.3) is 0 Å². The van der Waals surface area contributed by atoms with E-state index in [1.165, 1.54) is 17.8 Å². The molecule has 0 aliphatic carbocycles. The lowest BCUT2D eigenvalue weighted by atomic mass is 10.3. The second-order valence-corrected chi connectivity index (χ2v) is 5.45. The normalized spacial score (nSPS) is 11.7. The lowest BCUT2D eigenvalue weighted by Gasteiger charge is -2.05. The highest BCUT2D eigenvalue weighted by molar-refractivity contribution is 7.98. The summed E-state index contributed by atoms with van der Waals surface area (Å²) in [6.45, 7) is 0. The average Bonchev–Trinajstić information content (AvgIpc) is 2.06. The van der Waals surface area contributed by atoms with Crippen molar-refractivity contribution >= 4 is 45.1 Å². The van der Waals surface area contributed by atoms with Crippen LogP contribution >= 0.6 is 35.0 Å². The fourth-order valence-electron chi connectivity index (χ4n) is 0.877. The first-order valence-electron chi connectivity index (χ1n) is 3.37. The molecule has 1 aromatic carbocycles. The van der Waals surface area contributed by atoms with Gasteiger partial charge in [-0.05, 0) is 18.4 Å². The fraction of sp³-hybridized carbons (Fsp3) is 0.143. The predicted octanol–water partition coefficient (Wildman–Crippen LogP) is 2.96. The molecule has 7 heteroatoms. The number of rotatable bonds is 2. The van der Waals surface area contributed by atoms with Crippen LogP contribution in [0.4, 0.5) is 0 Å². The molecule has 14 heavy (non-hydrogen) atoms. The molecule has 78 valence electrons. The Morgan fingerprint density at radius 2 is 1.93 bits per heavy atom. The highest BCUT2D eigenvalue weighted by Gasteiger charge is 2.18. The summed E-state index contributed by atoms with van der Waals surface area (Å²) >= 11 is 12.7. The topological polar surface area (TPSA) is 54.4 Å². The zero-order valence-corrected chi connectivity index (χ0v) is 10.1. The Bertz CT molecular complexity index is 456. The Kier molecular flexibility index (Phi) is 3.71. The van der Waals surface area contributed by atoms with Crippen LogP contribution in [0.5, 0.6) is 0 Å². The number of benzene rings is 1. The van der Waals surface area contributed by atoms with E-state index in [9.17, 15) is 8.42 Å². The van der Waals surface area contributed by atoms with Gasteiger partial charge < -0.3 is 0 Å². The number of hydrogen-bond donors (Lipinski definition) is 1. The van der Waals surface area contributed by atoms with E-state index in [-0.39, 0.29) is 14.9 Å². The maximum absolute atomic E-state index is 10.9. The third-order valence-corrected chi connectivity index (χ3v) is 3.96. The molecular weight excluding hydrogens is 267 g/mol. The van der Waals surface area contributed by atoms with Crippen molar-refractivity contribution in [1.82, 2.24) is 0 Å². The quantitative estimate of drug-likeness (QED) is 0.665. The molecule has 0 unspecified atom stereocenters. The maximum Gasteiger partial charge on any atom is 0.296 e. The largest absolute Gasteiger partial charge is 0.296 e. The Hall–Kier alpha value is 0.0600. The molecule has 0 saturated carbocycles. The summed E-state index contributed by atoms with van der Waals surface area (Å²) in [7, 11) is -4.32. The molecule has 0 saturated heterocycles. The minimum absolute atomic E-state index is 0.00981. The predicted molar refractivity (Wildman–Crippen MR) is 58.1 cm³/mol. The number of hydrogen-bond acceptors (Lipinski definition) is 3. The summed E-state index contributed by atoms with van der Waals surface area (Å²) in [6.07, 6.45) is 1.73. The molecule has 0 fully saturated rings. The highest BCUT2D eigenvalue weighted by atomic mass is 35.5. The molecule has 1 aromatic rings. The van der Waals surface area contributed by atoms with E-state index >= 15 is 0 Å². The van der Waals surface area contributed by atoms with Crippen LogP contribution in [0.1, 0.15) is 0 Å². The third-order valence-electron chi connectivity index (χ3n) is 1.47. The van der Waals surface area contributed by atoms with Gasteiger partial charge in [-0.1, -0.05) is 23.2 Å². The minimum Gasteiger partial charge on any atom is -0.282 e. The van der Waals surface area contributed by atoms with Gasteiger partial charge in [0.15, 0.2) is 0 Å². The monoisotopic (exact) mass is 272 g/mol. The van der Waals surface area contributed by atoms with Crippen molar-refractivity contribution in [2.75, 3.05) is 6.26 Å². The summed E-state index contributed by atoms with van der Waals surface area (Å²) in [5, 5.41) is 0.204. The molecule has 0 radical (unpaired) electrons. The van der Waals surface area contributed by atoms with Gasteiger partial charge in [0, 0.05) is 9.92 Å². The van der Waals surface area contributed by atoms with Gasteiger partial charge in [0.1, 0.15) is 4.90 Å². The van der Waals surface area contributed by atoms with Crippen LogP contribution in [0, 0.1) is 0 Å². The van der Waals surface area contributed by atoms with Gasteiger partial charge in [0.2, 0.25) is 0 Å². The molecule has 0 aliphatic rings. The van der Waals surface area contributed by atoms with Crippen molar-refractivity contribution in [3.63, 3.8) is 0 Å². The van der Waals surface area contributed by atoms with Gasteiger partial charge in [0.25, 0.3) is 10.1 Å². The molecule has 3 nitrogen and oxygen atoms in total. The van der Waals surface area contributed by atoms with Crippen molar-refractivity contribution in [3.05, 3.63) is 22.2 Å². The Morgan fingerprint density at radius 3 is 2.36 bits per heavy atom. The molecule has 0 spiro atoms. The van der Waals surface area contributed by atoms with Crippen molar-refractivity contribution < 1.29 is 13.0 Å². The molecule has 1 N–H and O–H groups in total. The first kappa shape index (κ1) is 12.1. The van der Waals surface area contributed by atoms with Crippen molar-refractivity contribution in [2.45, 2.75) is 9.79 Å². The van der Waals surface area contributed by atoms with E-state index in [1.54, 1.807) is 6.26 Å². The second-order valence-electron chi connectivity index (χ2n) is 2.40. The van der Waals surface area contributed by atoms with Crippen molar-refractivity contribution in [1.29, 1.82) is 0 Å². The van der Waals surface area contributed by atoms with Crippen LogP contribution in [0.3, 0.4) is 0 Å². The van der Waals surface area contributed by atoms with Crippen LogP contribution < -0.4 is 0 Å². The SMILES string of the molecule is CSc1cc(Cl)cc(S(=O)(=O)O)c1Cl. The van der Waals surface area contributed by atoms with Gasteiger partial charge in [-0.25, -0.2) is 0 Å². The summed E-state index contributed by atoms with van der Waals surface area (Å²) in [6, 6.07) is 2.64. The maximum atomic E-state index is 10.9. The standard InChI is InChI=1S/C7H6Cl2O3S2/c1-13-5-2-4(8)3-6(7(5)9)14(10,11)12/h2-3H,1H3,(H,10,11,12). The molecule has 0 heterocycles. The molecular formula is C7H6Cl2O3S2. The van der Waals surface area contributed by atoms with E-state index in [4.69, 9.17) is 27.8 Å². The third kappa shape index (κ3) is 2.55. The van der Waals surface area contributed by atoms with Crippen LogP contribution in [-0.2, 0) is 10.1 Å². The molecule has 0 bridgehead atoms. The molecule has 0 amide bonds. The van der Waals surface area contributed by atoms with Crippen molar-refractivity contribution in [3.8, 4) is 0 Å². The first-order chi connectivity index (χ1) is 6.36. The van der Waals surface area contributed by atoms with Gasteiger partial charge >= 0.3 is 0 Å². The first-order valence-corrected chi connectivity index (χ1v) is 6.79. The van der Waals surface area contributed by atoms with Crippen LogP contribution in [0.15, 0.2) is 21.9 Å². The van der Waals surface area contributed by atoms with Crippen molar-refractivity contribution in [2.24, 2.45) is 0 Å². The fourth-order valence-corrected chi connectivity index (χ4v) is 3.07. The van der Waals surface area contributed by atoms with E-state index < -0.39 is 10.1 Å². The Balaban J connectivity index is 3.53. The van der Waals surface area contributed by atoms with Crippen LogP contribution in [0.2, 0.25) is 10.0 Å². The summed E-state index contributed by atoms with van der Waals surface area (Å²) < 4.78 is 30.6. The molecule has 0 aliphatic heterocycles. The number of thioether (sulfide) groups is 1. The zero-order chi connectivity index (χ0) is 10.9. The molecule has 0 aromatic heterocycles. The smallest absolute Gasteiger partial charge is 0.282 e.